The molecule has 0 unspecified atom stereocenters. The van der Waals surface area contributed by atoms with E-state index in [0.717, 1.165) is 42.6 Å². The second-order valence-electron chi connectivity index (χ2n) is 4.40. The molecule has 0 aliphatic heterocycles. The van der Waals surface area contributed by atoms with E-state index in [1.807, 2.05) is 6.07 Å². The number of hydrogen-bond donors (Lipinski definition) is 0. The minimum absolute atomic E-state index is 0.619. The van der Waals surface area contributed by atoms with Crippen LogP contribution in [0.25, 0.3) is 0 Å². The van der Waals surface area contributed by atoms with E-state index in [0.29, 0.717) is 5.56 Å². The number of aldehydes is 1. The molecule has 18 heavy (non-hydrogen) atoms. The first-order valence-electron chi connectivity index (χ1n) is 6.27. The lowest BCUT2D eigenvalue weighted by atomic mass is 10.0. The summed E-state index contributed by atoms with van der Waals surface area (Å²) in [6.45, 7) is 6.26. The molecule has 0 saturated heterocycles. The zero-order valence-corrected chi connectivity index (χ0v) is 12.6. The molecule has 4 heteroatoms. The van der Waals surface area contributed by atoms with Crippen LogP contribution in [0.1, 0.15) is 35.7 Å². The summed E-state index contributed by atoms with van der Waals surface area (Å²) in [6.07, 6.45) is 3.90. The minimum Gasteiger partial charge on any atom is -0.542 e. The van der Waals surface area contributed by atoms with Crippen molar-refractivity contribution in [3.05, 3.63) is 23.3 Å². The predicted molar refractivity (Wildman–Crippen MR) is 75.1 cm³/mol. The standard InChI is InChI=1S/C14H21O3Si/c1-5-6-7-12-13(16-2)9-8-11(10-15)14(12)17-18(3)4/h8-10H,5-7H2,1-4H3. The van der Waals surface area contributed by atoms with Crippen LogP contribution in [0.2, 0.25) is 13.1 Å². The van der Waals surface area contributed by atoms with Crippen LogP contribution in [-0.2, 0) is 6.42 Å². The molecule has 3 nitrogen and oxygen atoms in total. The van der Waals surface area contributed by atoms with Crippen molar-refractivity contribution in [2.24, 2.45) is 0 Å². The molecular weight excluding hydrogens is 244 g/mol. The Morgan fingerprint density at radius 3 is 2.56 bits per heavy atom. The Labute approximate surface area is 111 Å². The Hall–Kier alpha value is -1.29. The van der Waals surface area contributed by atoms with Gasteiger partial charge in [-0.1, -0.05) is 13.3 Å². The first-order chi connectivity index (χ1) is 8.63. The summed E-state index contributed by atoms with van der Waals surface area (Å²) in [5.41, 5.74) is 1.64. The third-order valence-electron chi connectivity index (χ3n) is 2.68. The molecule has 0 N–H and O–H groups in total. The van der Waals surface area contributed by atoms with E-state index in [1.54, 1.807) is 13.2 Å². The predicted octanol–water partition coefficient (Wildman–Crippen LogP) is 3.48. The molecule has 1 radical (unpaired) electrons. The van der Waals surface area contributed by atoms with Gasteiger partial charge in [-0.3, -0.25) is 4.79 Å². The van der Waals surface area contributed by atoms with E-state index in [-0.39, 0.29) is 0 Å². The fraction of sp³-hybridized carbons (Fsp3) is 0.500. The van der Waals surface area contributed by atoms with Gasteiger partial charge in [-0.25, -0.2) is 0 Å². The maximum Gasteiger partial charge on any atom is 0.274 e. The first-order valence-corrected chi connectivity index (χ1v) is 8.67. The Morgan fingerprint density at radius 1 is 1.33 bits per heavy atom. The average Bonchev–Trinajstić information content (AvgIpc) is 2.36. The number of ether oxygens (including phenoxy) is 1. The van der Waals surface area contributed by atoms with Gasteiger partial charge in [-0.05, 0) is 38.1 Å². The van der Waals surface area contributed by atoms with Gasteiger partial charge in [-0.2, -0.15) is 0 Å². The zero-order chi connectivity index (χ0) is 13.5. The SMILES string of the molecule is CCCCc1c(OC)ccc(C=O)c1O[Si](C)C. The Bertz CT molecular complexity index is 402. The van der Waals surface area contributed by atoms with Gasteiger partial charge in [0.15, 0.2) is 6.29 Å². The van der Waals surface area contributed by atoms with Crippen molar-refractivity contribution in [3.8, 4) is 11.5 Å². The lowest BCUT2D eigenvalue weighted by molar-refractivity contribution is 0.112. The normalized spacial score (nSPS) is 10.5. The van der Waals surface area contributed by atoms with E-state index >= 15 is 0 Å². The van der Waals surface area contributed by atoms with E-state index in [1.165, 1.54) is 0 Å². The molecule has 0 atom stereocenters. The summed E-state index contributed by atoms with van der Waals surface area (Å²) in [5, 5.41) is 0. The summed E-state index contributed by atoms with van der Waals surface area (Å²) < 4.78 is 11.3. The van der Waals surface area contributed by atoms with Crippen LogP contribution in [-0.4, -0.2) is 22.4 Å². The molecule has 0 amide bonds. The maximum atomic E-state index is 11.1. The van der Waals surface area contributed by atoms with Crippen LogP contribution in [0.3, 0.4) is 0 Å². The van der Waals surface area contributed by atoms with Crippen LogP contribution in [0.4, 0.5) is 0 Å². The summed E-state index contributed by atoms with van der Waals surface area (Å²) in [4.78, 5) is 11.1. The van der Waals surface area contributed by atoms with E-state index in [9.17, 15) is 4.79 Å². The van der Waals surface area contributed by atoms with Crippen LogP contribution >= 0.6 is 0 Å². The van der Waals surface area contributed by atoms with Gasteiger partial charge >= 0.3 is 0 Å². The smallest absolute Gasteiger partial charge is 0.274 e. The summed E-state index contributed by atoms with van der Waals surface area (Å²) >= 11 is 0. The molecule has 0 saturated carbocycles. The van der Waals surface area contributed by atoms with Crippen LogP contribution < -0.4 is 9.16 Å². The quantitative estimate of drug-likeness (QED) is 0.559. The Morgan fingerprint density at radius 2 is 2.06 bits per heavy atom. The van der Waals surface area contributed by atoms with Crippen molar-refractivity contribution in [3.63, 3.8) is 0 Å². The van der Waals surface area contributed by atoms with Crippen molar-refractivity contribution in [1.29, 1.82) is 0 Å². The topological polar surface area (TPSA) is 35.5 Å². The monoisotopic (exact) mass is 265 g/mol. The lowest BCUT2D eigenvalue weighted by Gasteiger charge is -2.18. The molecule has 0 aromatic heterocycles. The van der Waals surface area contributed by atoms with Gasteiger partial charge in [0.2, 0.25) is 0 Å². The maximum absolute atomic E-state index is 11.1. The number of carbonyl (C=O) groups is 1. The number of benzene rings is 1. The van der Waals surface area contributed by atoms with Gasteiger partial charge in [0.1, 0.15) is 11.5 Å². The summed E-state index contributed by atoms with van der Waals surface area (Å²) in [6, 6.07) is 3.61. The summed E-state index contributed by atoms with van der Waals surface area (Å²) in [7, 11) is 0.747. The molecule has 0 fully saturated rings. The van der Waals surface area contributed by atoms with Crippen molar-refractivity contribution >= 4 is 15.3 Å². The van der Waals surface area contributed by atoms with Crippen LogP contribution in [0.5, 0.6) is 11.5 Å². The third kappa shape index (κ3) is 3.60. The minimum atomic E-state index is -0.904. The highest BCUT2D eigenvalue weighted by molar-refractivity contribution is 6.49. The van der Waals surface area contributed by atoms with E-state index < -0.39 is 9.04 Å². The summed E-state index contributed by atoms with van der Waals surface area (Å²) in [5.74, 6) is 1.53. The number of rotatable bonds is 7. The lowest BCUT2D eigenvalue weighted by Crippen LogP contribution is -2.14. The molecule has 1 aromatic carbocycles. The van der Waals surface area contributed by atoms with Gasteiger partial charge < -0.3 is 9.16 Å². The molecule has 1 rings (SSSR count). The number of hydrogen-bond acceptors (Lipinski definition) is 3. The van der Waals surface area contributed by atoms with Gasteiger partial charge in [0, 0.05) is 5.56 Å². The Balaban J connectivity index is 3.23. The molecule has 0 bridgehead atoms. The molecule has 0 heterocycles. The first kappa shape index (κ1) is 14.8. The molecular formula is C14H21O3Si. The second-order valence-corrected chi connectivity index (χ2v) is 6.42. The van der Waals surface area contributed by atoms with Crippen molar-refractivity contribution in [2.75, 3.05) is 7.11 Å². The fourth-order valence-electron chi connectivity index (χ4n) is 1.83. The van der Waals surface area contributed by atoms with Crippen LogP contribution in [0, 0.1) is 0 Å². The number of methoxy groups -OCH3 is 1. The molecule has 99 valence electrons. The zero-order valence-electron chi connectivity index (χ0n) is 11.6. The highest BCUT2D eigenvalue weighted by Crippen LogP contribution is 2.33. The number of carbonyl (C=O) groups excluding carboxylic acids is 1. The van der Waals surface area contributed by atoms with E-state index in [4.69, 9.17) is 9.16 Å². The van der Waals surface area contributed by atoms with Crippen LogP contribution in [0.15, 0.2) is 12.1 Å². The van der Waals surface area contributed by atoms with Crippen molar-refractivity contribution in [1.82, 2.24) is 0 Å². The largest absolute Gasteiger partial charge is 0.542 e. The number of unbranched alkanes of at least 4 members (excludes halogenated alkanes) is 1. The van der Waals surface area contributed by atoms with Crippen molar-refractivity contribution in [2.45, 2.75) is 39.3 Å². The average molecular weight is 265 g/mol. The third-order valence-corrected chi connectivity index (χ3v) is 3.29. The second kappa shape index (κ2) is 7.21. The Kier molecular flexibility index (Phi) is 5.91. The molecule has 1 aromatic rings. The van der Waals surface area contributed by atoms with Gasteiger partial charge in [0.25, 0.3) is 9.04 Å². The molecule has 0 aliphatic rings. The molecule has 0 spiro atoms. The van der Waals surface area contributed by atoms with Crippen molar-refractivity contribution < 1.29 is 14.0 Å². The van der Waals surface area contributed by atoms with Gasteiger partial charge in [0.05, 0.1) is 12.7 Å². The van der Waals surface area contributed by atoms with E-state index in [2.05, 4.69) is 20.0 Å². The fourth-order valence-corrected chi connectivity index (χ4v) is 2.48. The molecule has 0 aliphatic carbocycles. The highest BCUT2D eigenvalue weighted by atomic mass is 28.3. The highest BCUT2D eigenvalue weighted by Gasteiger charge is 2.16. The van der Waals surface area contributed by atoms with Gasteiger partial charge in [-0.15, -0.1) is 0 Å².